The smallest absolute Gasteiger partial charge is 0.135 e. The van der Waals surface area contributed by atoms with E-state index in [1.807, 2.05) is 103 Å². The minimum Gasteiger partial charge on any atom is -0.192 e. The maximum atomic E-state index is 10.9. The first-order valence-electron chi connectivity index (χ1n) is 23.7. The Balaban J connectivity index is 1.62. The standard InChI is InChI=1S/C63H58N8/c1-60(2,3)55-24-40-14-46(30-55)52(35-66)22-42-16-48(32-57(26-42)62(7,8)9)54(37-68)23-43-17-47(31-58(27-43)63(10,11)12)53(36-67)21-41-15-45(29-56(25-41)61(4,5)6)51(34-65)19-39-13-44(50(20-40)33-64)28-49(18-39)59-38-69-71-70-59/h13-32,38,59H,1-12H3/b50-20?,51-19+,52-22+,53-21+,54-23+. The lowest BCUT2D eigenvalue weighted by molar-refractivity contribution is 0.589. The van der Waals surface area contributed by atoms with E-state index in [0.29, 0.717) is 61.2 Å². The topological polar surface area (TPSA) is 156 Å². The van der Waals surface area contributed by atoms with Crippen LogP contribution in [0.25, 0.3) is 58.2 Å². The van der Waals surface area contributed by atoms with Gasteiger partial charge in [-0.3, -0.25) is 0 Å². The molecule has 1 heterocycles. The number of hydrogen-bond acceptors (Lipinski definition) is 8. The van der Waals surface area contributed by atoms with Crippen LogP contribution in [0.4, 0.5) is 0 Å². The van der Waals surface area contributed by atoms with Crippen molar-refractivity contribution in [3.63, 3.8) is 0 Å². The summed E-state index contributed by atoms with van der Waals surface area (Å²) in [6, 6.07) is 41.7. The Morgan fingerprint density at radius 2 is 0.592 bits per heavy atom. The van der Waals surface area contributed by atoms with E-state index in [2.05, 4.69) is 147 Å². The van der Waals surface area contributed by atoms with Gasteiger partial charge in [-0.25, -0.2) is 0 Å². The molecule has 0 saturated carbocycles. The number of fused-ring (bicyclic) bond motifs is 10. The van der Waals surface area contributed by atoms with Crippen LogP contribution in [0.5, 0.6) is 0 Å². The van der Waals surface area contributed by atoms with Crippen LogP contribution in [0.2, 0.25) is 0 Å². The van der Waals surface area contributed by atoms with Crippen LogP contribution in [0.15, 0.2) is 106 Å². The van der Waals surface area contributed by atoms with Crippen LogP contribution in [0.1, 0.15) is 173 Å². The SMILES string of the molecule is CC(C)(C)c1cc2cc(c1)/C(C#N)=C/c1cc(cc(C(C)(C)C)c1)/C(C#N)=C/c1cc(cc(C(C)(C)C)c1)/C(C#N)=C/c1cc(cc(C(C)(C)C)c1)/C(C#N)=C/c1cc(cc(C3C=NN=N3)c1)C(C#N)=C2. The van der Waals surface area contributed by atoms with Crippen molar-refractivity contribution in [1.82, 2.24) is 0 Å². The summed E-state index contributed by atoms with van der Waals surface area (Å²) in [6.45, 7) is 25.4. The van der Waals surface area contributed by atoms with E-state index >= 15 is 0 Å². The van der Waals surface area contributed by atoms with Gasteiger partial charge in [-0.15, -0.1) is 5.10 Å². The summed E-state index contributed by atoms with van der Waals surface area (Å²) in [4.78, 5) is 0. The predicted octanol–water partition coefficient (Wildman–Crippen LogP) is 16.0. The summed E-state index contributed by atoms with van der Waals surface area (Å²) in [6.07, 6.45) is 10.9. The molecule has 0 amide bonds. The van der Waals surface area contributed by atoms with E-state index in [1.165, 1.54) is 0 Å². The van der Waals surface area contributed by atoms with E-state index < -0.39 is 6.04 Å². The fourth-order valence-corrected chi connectivity index (χ4v) is 8.48. The van der Waals surface area contributed by atoms with Gasteiger partial charge in [-0.1, -0.05) is 107 Å². The predicted molar refractivity (Wildman–Crippen MR) is 291 cm³/mol. The summed E-state index contributed by atoms with van der Waals surface area (Å²) < 4.78 is 0. The molecule has 5 aromatic rings. The Hall–Kier alpha value is -8.48. The van der Waals surface area contributed by atoms with E-state index in [-0.39, 0.29) is 21.7 Å². The molecule has 1 aliphatic carbocycles. The molecule has 8 heteroatoms. The average Bonchev–Trinajstić information content (AvgIpc) is 3.86. The molecule has 2 aliphatic rings. The lowest BCUT2D eigenvalue weighted by Gasteiger charge is -2.22. The van der Waals surface area contributed by atoms with Gasteiger partial charge in [-0.2, -0.15) is 31.4 Å². The third-order valence-corrected chi connectivity index (χ3v) is 12.8. The van der Waals surface area contributed by atoms with Gasteiger partial charge in [0.2, 0.25) is 0 Å². The second kappa shape index (κ2) is 19.5. The van der Waals surface area contributed by atoms with Crippen molar-refractivity contribution in [1.29, 1.82) is 26.3 Å². The lowest BCUT2D eigenvalue weighted by atomic mass is 9.82. The number of allylic oxidation sites excluding steroid dienone is 5. The fraction of sp³-hybridized carbons (Fsp3) is 0.270. The van der Waals surface area contributed by atoms with Gasteiger partial charge in [0.05, 0.1) is 64.4 Å². The highest BCUT2D eigenvalue weighted by atomic mass is 15.4. The van der Waals surface area contributed by atoms with Crippen molar-refractivity contribution >= 4 is 64.5 Å². The van der Waals surface area contributed by atoms with Crippen LogP contribution >= 0.6 is 0 Å². The Morgan fingerprint density at radius 1 is 0.338 bits per heavy atom. The zero-order valence-electron chi connectivity index (χ0n) is 42.8. The minimum absolute atomic E-state index is 0.310. The van der Waals surface area contributed by atoms with Crippen molar-refractivity contribution in [2.24, 2.45) is 15.4 Å². The largest absolute Gasteiger partial charge is 0.192 e. The Morgan fingerprint density at radius 3 is 0.817 bits per heavy atom. The Bertz CT molecular complexity index is 3410. The van der Waals surface area contributed by atoms with Gasteiger partial charge >= 0.3 is 0 Å². The van der Waals surface area contributed by atoms with Gasteiger partial charge < -0.3 is 0 Å². The van der Waals surface area contributed by atoms with Crippen molar-refractivity contribution in [3.05, 3.63) is 174 Å². The van der Waals surface area contributed by atoms with Crippen molar-refractivity contribution in [2.75, 3.05) is 0 Å². The first-order chi connectivity index (χ1) is 33.4. The summed E-state index contributed by atoms with van der Waals surface area (Å²) in [7, 11) is 0. The second-order valence-corrected chi connectivity index (χ2v) is 22.5. The lowest BCUT2D eigenvalue weighted by Crippen LogP contribution is -2.12. The van der Waals surface area contributed by atoms with Gasteiger partial charge in [0.25, 0.3) is 0 Å². The van der Waals surface area contributed by atoms with Gasteiger partial charge in [0, 0.05) is 0 Å². The average molecular weight is 927 g/mol. The Labute approximate surface area is 420 Å². The molecule has 0 saturated heterocycles. The molecule has 0 spiro atoms. The van der Waals surface area contributed by atoms with Crippen molar-refractivity contribution < 1.29 is 0 Å². The molecular formula is C63H58N8. The van der Waals surface area contributed by atoms with Gasteiger partial charge in [0.15, 0.2) is 0 Å². The van der Waals surface area contributed by atoms with Crippen LogP contribution < -0.4 is 0 Å². The number of rotatable bonds is 1. The quantitative estimate of drug-likeness (QED) is 0.164. The molecule has 0 aromatic heterocycles. The highest BCUT2D eigenvalue weighted by Gasteiger charge is 2.23. The molecule has 0 N–H and O–H groups in total. The molecule has 1 aliphatic heterocycles. The minimum atomic E-state index is -0.498. The van der Waals surface area contributed by atoms with Gasteiger partial charge in [-0.05, 0) is 207 Å². The van der Waals surface area contributed by atoms with Crippen LogP contribution in [0.3, 0.4) is 0 Å². The molecular weight excluding hydrogens is 869 g/mol. The third-order valence-electron chi connectivity index (χ3n) is 12.8. The number of nitriles is 5. The highest BCUT2D eigenvalue weighted by Crippen LogP contribution is 2.37. The van der Waals surface area contributed by atoms with Crippen molar-refractivity contribution in [3.8, 4) is 30.3 Å². The molecule has 8 nitrogen and oxygen atoms in total. The van der Waals surface area contributed by atoms with E-state index in [4.69, 9.17) is 0 Å². The number of benzene rings is 5. The molecule has 1 unspecified atom stereocenters. The first-order valence-corrected chi connectivity index (χ1v) is 23.7. The molecule has 1 atom stereocenters. The van der Waals surface area contributed by atoms with Crippen LogP contribution in [0, 0.1) is 56.7 Å². The molecule has 10 bridgehead atoms. The van der Waals surface area contributed by atoms with Crippen LogP contribution in [-0.2, 0) is 21.7 Å². The summed E-state index contributed by atoms with van der Waals surface area (Å²) in [5, 5.41) is 66.9. The maximum absolute atomic E-state index is 10.9. The zero-order chi connectivity index (χ0) is 51.6. The van der Waals surface area contributed by atoms with Crippen LogP contribution in [-0.4, -0.2) is 6.21 Å². The molecule has 71 heavy (non-hydrogen) atoms. The third kappa shape index (κ3) is 11.7. The second-order valence-electron chi connectivity index (χ2n) is 22.5. The van der Waals surface area contributed by atoms with E-state index in [0.717, 1.165) is 50.1 Å². The summed E-state index contributed by atoms with van der Waals surface area (Å²) in [5.74, 6) is 0. The van der Waals surface area contributed by atoms with E-state index in [9.17, 15) is 26.3 Å². The molecule has 0 radical (unpaired) electrons. The molecule has 350 valence electrons. The number of nitrogens with zero attached hydrogens (tertiary/aromatic N) is 8. The first kappa shape index (κ1) is 50.4. The normalized spacial score (nSPS) is 18.1. The molecule has 7 rings (SSSR count). The molecule has 0 fully saturated rings. The monoisotopic (exact) mass is 926 g/mol. The van der Waals surface area contributed by atoms with Crippen molar-refractivity contribution in [2.45, 2.75) is 111 Å². The Kier molecular flexibility index (Phi) is 13.8. The maximum Gasteiger partial charge on any atom is 0.135 e. The fourth-order valence-electron chi connectivity index (χ4n) is 8.48. The molecule has 5 aromatic carbocycles. The number of hydrogen-bond donors (Lipinski definition) is 0. The summed E-state index contributed by atoms with van der Waals surface area (Å²) >= 11 is 0. The van der Waals surface area contributed by atoms with E-state index in [1.54, 1.807) is 6.21 Å². The highest BCUT2D eigenvalue weighted by molar-refractivity contribution is 5.98. The zero-order valence-corrected chi connectivity index (χ0v) is 42.8. The summed E-state index contributed by atoms with van der Waals surface area (Å²) in [5.41, 5.74) is 12.3. The van der Waals surface area contributed by atoms with Gasteiger partial charge in [0.1, 0.15) is 6.04 Å².